The van der Waals surface area contributed by atoms with Crippen LogP contribution in [-0.4, -0.2) is 10.8 Å². The van der Waals surface area contributed by atoms with Crippen molar-refractivity contribution in [2.75, 3.05) is 0 Å². The maximum Gasteiger partial charge on any atom is 0.171 e. The zero-order valence-corrected chi connectivity index (χ0v) is 10.5. The van der Waals surface area contributed by atoms with E-state index in [9.17, 15) is 9.18 Å². The minimum absolute atomic E-state index is 0.0433. The average molecular weight is 264 g/mol. The van der Waals surface area contributed by atoms with Crippen LogP contribution in [0.25, 0.3) is 0 Å². The zero-order chi connectivity index (χ0) is 13.1. The predicted molar refractivity (Wildman–Crippen MR) is 68.4 cm³/mol. The fourth-order valence-electron chi connectivity index (χ4n) is 1.58. The van der Waals surface area contributed by atoms with Crippen molar-refractivity contribution in [2.45, 2.75) is 13.3 Å². The molecule has 1 heterocycles. The molecule has 0 amide bonds. The third-order valence-corrected chi connectivity index (χ3v) is 2.78. The van der Waals surface area contributed by atoms with E-state index in [2.05, 4.69) is 4.98 Å². The largest absolute Gasteiger partial charge is 0.294 e. The van der Waals surface area contributed by atoms with Gasteiger partial charge in [-0.3, -0.25) is 9.78 Å². The van der Waals surface area contributed by atoms with Gasteiger partial charge in [-0.2, -0.15) is 0 Å². The first-order chi connectivity index (χ1) is 8.56. The number of carbonyl (C=O) groups excluding carboxylic acids is 1. The van der Waals surface area contributed by atoms with Gasteiger partial charge in [0.05, 0.1) is 12.0 Å². The highest BCUT2D eigenvalue weighted by Crippen LogP contribution is 2.16. The third kappa shape index (κ3) is 2.93. The van der Waals surface area contributed by atoms with Crippen LogP contribution in [0.15, 0.2) is 36.5 Å². The summed E-state index contributed by atoms with van der Waals surface area (Å²) in [5.74, 6) is -0.903. The molecule has 0 bridgehead atoms. The summed E-state index contributed by atoms with van der Waals surface area (Å²) in [6, 6.07) is 7.67. The van der Waals surface area contributed by atoms with Gasteiger partial charge in [0.15, 0.2) is 5.78 Å². The lowest BCUT2D eigenvalue weighted by molar-refractivity contribution is 0.0988. The second-order valence-electron chi connectivity index (χ2n) is 4.05. The zero-order valence-electron chi connectivity index (χ0n) is 9.78. The Labute approximate surface area is 109 Å². The van der Waals surface area contributed by atoms with Crippen LogP contribution in [0.4, 0.5) is 4.39 Å². The highest BCUT2D eigenvalue weighted by molar-refractivity contribution is 6.30. The molecular weight excluding hydrogens is 253 g/mol. The first-order valence-corrected chi connectivity index (χ1v) is 5.84. The molecule has 0 radical (unpaired) electrons. The van der Waals surface area contributed by atoms with E-state index in [1.165, 1.54) is 12.1 Å². The monoisotopic (exact) mass is 263 g/mol. The summed E-state index contributed by atoms with van der Waals surface area (Å²) in [6.07, 6.45) is 1.76. The minimum Gasteiger partial charge on any atom is -0.294 e. The van der Waals surface area contributed by atoms with Gasteiger partial charge in [0, 0.05) is 16.9 Å². The number of hydrogen-bond acceptors (Lipinski definition) is 2. The van der Waals surface area contributed by atoms with Gasteiger partial charge in [-0.25, -0.2) is 4.39 Å². The van der Waals surface area contributed by atoms with Gasteiger partial charge in [0.25, 0.3) is 0 Å². The van der Waals surface area contributed by atoms with E-state index in [1.807, 2.05) is 13.0 Å². The minimum atomic E-state index is -0.598. The van der Waals surface area contributed by atoms with Gasteiger partial charge >= 0.3 is 0 Å². The summed E-state index contributed by atoms with van der Waals surface area (Å²) in [7, 11) is 0. The number of Topliss-reactive ketones (excluding diaryl/α,β-unsaturated/α-hetero) is 1. The van der Waals surface area contributed by atoms with Crippen LogP contribution < -0.4 is 0 Å². The first-order valence-electron chi connectivity index (χ1n) is 5.46. The van der Waals surface area contributed by atoms with Crippen LogP contribution in [0.3, 0.4) is 0 Å². The quantitative estimate of drug-likeness (QED) is 0.792. The SMILES string of the molecule is Cc1ccc(CC(=O)c2ccc(Cl)cc2F)nc1. The number of nitrogens with zero attached hydrogens (tertiary/aromatic N) is 1. The van der Waals surface area contributed by atoms with Crippen LogP contribution >= 0.6 is 11.6 Å². The Morgan fingerprint density at radius 1 is 1.33 bits per heavy atom. The van der Waals surface area contributed by atoms with Crippen molar-refractivity contribution < 1.29 is 9.18 Å². The number of benzene rings is 1. The number of aryl methyl sites for hydroxylation is 1. The Morgan fingerprint density at radius 2 is 2.11 bits per heavy atom. The molecular formula is C14H11ClFNO. The van der Waals surface area contributed by atoms with Gasteiger partial charge in [-0.1, -0.05) is 17.7 Å². The molecule has 0 aliphatic heterocycles. The van der Waals surface area contributed by atoms with Crippen molar-refractivity contribution in [3.05, 3.63) is 64.2 Å². The second kappa shape index (κ2) is 5.27. The van der Waals surface area contributed by atoms with Crippen molar-refractivity contribution in [1.82, 2.24) is 4.98 Å². The molecule has 0 unspecified atom stereocenters. The Balaban J connectivity index is 2.19. The fraction of sp³-hybridized carbons (Fsp3) is 0.143. The predicted octanol–water partition coefficient (Wildman–Crippen LogP) is 3.61. The van der Waals surface area contributed by atoms with E-state index in [4.69, 9.17) is 11.6 Å². The van der Waals surface area contributed by atoms with Crippen LogP contribution in [0.1, 0.15) is 21.6 Å². The standard InChI is InChI=1S/C14H11ClFNO/c1-9-2-4-11(17-8-9)7-14(18)12-5-3-10(15)6-13(12)16/h2-6,8H,7H2,1H3. The molecule has 0 saturated heterocycles. The van der Waals surface area contributed by atoms with Crippen molar-refractivity contribution >= 4 is 17.4 Å². The molecule has 1 aromatic carbocycles. The van der Waals surface area contributed by atoms with E-state index < -0.39 is 5.82 Å². The van der Waals surface area contributed by atoms with Gasteiger partial charge in [0.2, 0.25) is 0 Å². The van der Waals surface area contributed by atoms with Gasteiger partial charge in [-0.05, 0) is 36.8 Å². The third-order valence-electron chi connectivity index (χ3n) is 2.55. The maximum absolute atomic E-state index is 13.5. The molecule has 0 N–H and O–H groups in total. The van der Waals surface area contributed by atoms with Crippen molar-refractivity contribution in [3.63, 3.8) is 0 Å². The Morgan fingerprint density at radius 3 is 2.72 bits per heavy atom. The Hall–Kier alpha value is -1.74. The maximum atomic E-state index is 13.5. The summed E-state index contributed by atoms with van der Waals surface area (Å²) in [4.78, 5) is 16.0. The molecule has 0 atom stereocenters. The molecule has 0 aliphatic rings. The summed E-state index contributed by atoms with van der Waals surface area (Å²) in [5, 5.41) is 0.275. The molecule has 18 heavy (non-hydrogen) atoms. The summed E-state index contributed by atoms with van der Waals surface area (Å²) < 4.78 is 13.5. The summed E-state index contributed by atoms with van der Waals surface area (Å²) >= 11 is 5.64. The van der Waals surface area contributed by atoms with Gasteiger partial charge in [0.1, 0.15) is 5.82 Å². The number of hydrogen-bond donors (Lipinski definition) is 0. The molecule has 2 rings (SSSR count). The van der Waals surface area contributed by atoms with Gasteiger partial charge < -0.3 is 0 Å². The molecule has 0 spiro atoms. The normalized spacial score (nSPS) is 10.4. The Kier molecular flexibility index (Phi) is 3.72. The van der Waals surface area contributed by atoms with Crippen LogP contribution in [0, 0.1) is 12.7 Å². The molecule has 2 aromatic rings. The Bertz CT molecular complexity index is 581. The van der Waals surface area contributed by atoms with E-state index in [1.54, 1.807) is 12.3 Å². The van der Waals surface area contributed by atoms with E-state index in [0.717, 1.165) is 11.6 Å². The molecule has 92 valence electrons. The number of ketones is 1. The van der Waals surface area contributed by atoms with Crippen molar-refractivity contribution in [3.8, 4) is 0 Å². The number of rotatable bonds is 3. The highest BCUT2D eigenvalue weighted by Gasteiger charge is 2.13. The average Bonchev–Trinajstić information content (AvgIpc) is 2.32. The van der Waals surface area contributed by atoms with E-state index in [0.29, 0.717) is 5.69 Å². The highest BCUT2D eigenvalue weighted by atomic mass is 35.5. The topological polar surface area (TPSA) is 30.0 Å². The molecule has 0 fully saturated rings. The van der Waals surface area contributed by atoms with E-state index >= 15 is 0 Å². The van der Waals surface area contributed by atoms with Crippen molar-refractivity contribution in [1.29, 1.82) is 0 Å². The number of halogens is 2. The lowest BCUT2D eigenvalue weighted by Crippen LogP contribution is -2.07. The van der Waals surface area contributed by atoms with E-state index in [-0.39, 0.29) is 22.8 Å². The van der Waals surface area contributed by atoms with Crippen LogP contribution in [0.2, 0.25) is 5.02 Å². The first kappa shape index (κ1) is 12.7. The number of aromatic nitrogens is 1. The molecule has 1 aromatic heterocycles. The summed E-state index contributed by atoms with van der Waals surface area (Å²) in [5.41, 5.74) is 1.69. The molecule has 0 aliphatic carbocycles. The number of carbonyl (C=O) groups is 1. The second-order valence-corrected chi connectivity index (χ2v) is 4.49. The molecule has 0 saturated carbocycles. The smallest absolute Gasteiger partial charge is 0.171 e. The van der Waals surface area contributed by atoms with Crippen LogP contribution in [-0.2, 0) is 6.42 Å². The fourth-order valence-corrected chi connectivity index (χ4v) is 1.74. The summed E-state index contributed by atoms with van der Waals surface area (Å²) in [6.45, 7) is 1.91. The lowest BCUT2D eigenvalue weighted by atomic mass is 10.1. The van der Waals surface area contributed by atoms with Crippen molar-refractivity contribution in [2.24, 2.45) is 0 Å². The van der Waals surface area contributed by atoms with Gasteiger partial charge in [-0.15, -0.1) is 0 Å². The van der Waals surface area contributed by atoms with Crippen LogP contribution in [0.5, 0.6) is 0 Å². The lowest BCUT2D eigenvalue weighted by Gasteiger charge is -2.03. The number of pyridine rings is 1. The molecule has 2 nitrogen and oxygen atoms in total. The molecule has 4 heteroatoms.